The Labute approximate surface area is 144 Å². The third-order valence-corrected chi connectivity index (χ3v) is 4.08. The van der Waals surface area contributed by atoms with Gasteiger partial charge in [0, 0.05) is 17.8 Å². The number of hydrogen-bond donors (Lipinski definition) is 1. The largest absolute Gasteiger partial charge is 0.451 e. The van der Waals surface area contributed by atoms with Crippen LogP contribution in [-0.4, -0.2) is 23.0 Å². The van der Waals surface area contributed by atoms with Crippen LogP contribution in [0.3, 0.4) is 0 Å². The van der Waals surface area contributed by atoms with E-state index in [2.05, 4.69) is 59.9 Å². The molecule has 0 aromatic carbocycles. The topological polar surface area (TPSA) is 73.9 Å². The van der Waals surface area contributed by atoms with Crippen molar-refractivity contribution in [1.82, 2.24) is 15.0 Å². The van der Waals surface area contributed by atoms with Crippen LogP contribution in [0.25, 0.3) is 0 Å². The van der Waals surface area contributed by atoms with Crippen molar-refractivity contribution in [3.05, 3.63) is 35.5 Å². The molecule has 0 atom stereocenters. The second-order valence-corrected chi connectivity index (χ2v) is 11.8. The summed E-state index contributed by atoms with van der Waals surface area (Å²) in [5, 5.41) is 0. The van der Waals surface area contributed by atoms with Gasteiger partial charge in [-0.25, -0.2) is 15.0 Å². The highest BCUT2D eigenvalue weighted by atomic mass is 28.3. The van der Waals surface area contributed by atoms with Crippen LogP contribution >= 0.6 is 0 Å². The molecule has 0 fully saturated rings. The van der Waals surface area contributed by atoms with E-state index in [4.69, 9.17) is 10.5 Å². The molecular weight excluding hydrogens is 316 g/mol. The summed E-state index contributed by atoms with van der Waals surface area (Å²) >= 11 is 0. The summed E-state index contributed by atoms with van der Waals surface area (Å²) in [5.74, 6) is 5.49. The van der Waals surface area contributed by atoms with Crippen molar-refractivity contribution in [1.29, 1.82) is 0 Å². The highest BCUT2D eigenvalue weighted by molar-refractivity contribution is 6.83. The Morgan fingerprint density at radius 1 is 1.12 bits per heavy atom. The van der Waals surface area contributed by atoms with E-state index in [-0.39, 0.29) is 5.92 Å². The van der Waals surface area contributed by atoms with Crippen LogP contribution in [0.5, 0.6) is 11.5 Å². The average Bonchev–Trinajstić information content (AvgIpc) is 2.47. The zero-order valence-corrected chi connectivity index (χ0v) is 16.1. The number of hydrogen-bond acceptors (Lipinski definition) is 5. The van der Waals surface area contributed by atoms with Crippen molar-refractivity contribution < 1.29 is 4.74 Å². The lowest BCUT2D eigenvalue weighted by molar-refractivity contribution is 0.469. The zero-order valence-electron chi connectivity index (χ0n) is 15.1. The van der Waals surface area contributed by atoms with Gasteiger partial charge in [-0.1, -0.05) is 39.4 Å². The fraction of sp³-hybridized carbons (Fsp3) is 0.389. The van der Waals surface area contributed by atoms with Crippen LogP contribution in [0.15, 0.2) is 18.5 Å². The Morgan fingerprint density at radius 3 is 2.42 bits per heavy atom. The molecule has 0 aliphatic carbocycles. The van der Waals surface area contributed by atoms with E-state index < -0.39 is 8.07 Å². The van der Waals surface area contributed by atoms with Crippen LogP contribution in [-0.2, 0) is 0 Å². The summed E-state index contributed by atoms with van der Waals surface area (Å²) in [6.45, 7) is 12.6. The van der Waals surface area contributed by atoms with Crippen molar-refractivity contribution in [2.24, 2.45) is 0 Å². The highest BCUT2D eigenvalue weighted by Crippen LogP contribution is 2.32. The number of nitrogens with zero attached hydrogens (tertiary/aromatic N) is 3. The lowest BCUT2D eigenvalue weighted by Crippen LogP contribution is -2.16. The lowest BCUT2D eigenvalue weighted by Gasteiger charge is -2.14. The monoisotopic (exact) mass is 340 g/mol. The molecule has 0 amide bonds. The van der Waals surface area contributed by atoms with Gasteiger partial charge in [0.2, 0.25) is 0 Å². The summed E-state index contributed by atoms with van der Waals surface area (Å²) in [5.41, 5.74) is 10.9. The normalized spacial score (nSPS) is 11.1. The van der Waals surface area contributed by atoms with Crippen LogP contribution in [0, 0.1) is 18.4 Å². The molecule has 0 radical (unpaired) electrons. The van der Waals surface area contributed by atoms with Crippen molar-refractivity contribution in [3.63, 3.8) is 0 Å². The first-order valence-corrected chi connectivity index (χ1v) is 11.5. The number of rotatable bonds is 3. The standard InChI is InChI=1S/C18H24N4OSi/c1-12(2)15-10-21-14(7-8-24(4,5)6)9-16(15)23-17-11-20-13(3)22-18(17)19/h9-12H,1-6H3,(H2,19,20,22). The van der Waals surface area contributed by atoms with Crippen molar-refractivity contribution in [2.45, 2.75) is 46.3 Å². The maximum atomic E-state index is 5.98. The van der Waals surface area contributed by atoms with Gasteiger partial charge >= 0.3 is 0 Å². The van der Waals surface area contributed by atoms with Gasteiger partial charge in [0.1, 0.15) is 25.3 Å². The molecule has 0 aliphatic heterocycles. The van der Waals surface area contributed by atoms with E-state index in [0.717, 1.165) is 5.56 Å². The summed E-state index contributed by atoms with van der Waals surface area (Å²) in [6.07, 6.45) is 3.41. The minimum atomic E-state index is -1.46. The molecule has 5 nitrogen and oxygen atoms in total. The van der Waals surface area contributed by atoms with Crippen LogP contribution in [0.1, 0.15) is 36.8 Å². The Kier molecular flexibility index (Phi) is 5.25. The molecule has 0 saturated carbocycles. The Hall–Kier alpha value is -2.39. The molecule has 2 aromatic rings. The second kappa shape index (κ2) is 7.01. The third kappa shape index (κ3) is 4.80. The van der Waals surface area contributed by atoms with Gasteiger partial charge in [0.25, 0.3) is 0 Å². The predicted molar refractivity (Wildman–Crippen MR) is 99.8 cm³/mol. The van der Waals surface area contributed by atoms with E-state index >= 15 is 0 Å². The summed E-state index contributed by atoms with van der Waals surface area (Å²) < 4.78 is 5.98. The predicted octanol–water partition coefficient (Wildman–Crippen LogP) is 3.91. The van der Waals surface area contributed by atoms with Crippen molar-refractivity contribution in [3.8, 4) is 23.0 Å². The number of aromatic nitrogens is 3. The number of pyridine rings is 1. The number of ether oxygens (including phenoxy) is 1. The first-order chi connectivity index (χ1) is 11.2. The van der Waals surface area contributed by atoms with Crippen molar-refractivity contribution >= 4 is 13.9 Å². The molecule has 2 rings (SSSR count). The van der Waals surface area contributed by atoms with Gasteiger partial charge in [-0.15, -0.1) is 5.54 Å². The molecule has 6 heteroatoms. The van der Waals surface area contributed by atoms with E-state index in [1.165, 1.54) is 0 Å². The second-order valence-electron chi connectivity index (χ2n) is 7.03. The van der Waals surface area contributed by atoms with Gasteiger partial charge in [0.15, 0.2) is 11.6 Å². The van der Waals surface area contributed by atoms with Gasteiger partial charge in [-0.05, 0) is 12.8 Å². The molecular formula is C18H24N4OSi. The molecule has 0 aliphatic rings. The maximum Gasteiger partial charge on any atom is 0.187 e. The smallest absolute Gasteiger partial charge is 0.187 e. The van der Waals surface area contributed by atoms with Gasteiger partial charge in [-0.3, -0.25) is 0 Å². The molecule has 0 unspecified atom stereocenters. The first kappa shape index (κ1) is 18.0. The molecule has 2 N–H and O–H groups in total. The number of aryl methyl sites for hydroxylation is 1. The maximum absolute atomic E-state index is 5.98. The fourth-order valence-electron chi connectivity index (χ4n) is 1.96. The summed E-state index contributed by atoms with van der Waals surface area (Å²) in [6, 6.07) is 1.86. The van der Waals surface area contributed by atoms with Crippen molar-refractivity contribution in [2.75, 3.05) is 5.73 Å². The van der Waals surface area contributed by atoms with E-state index in [1.54, 1.807) is 13.1 Å². The molecule has 24 heavy (non-hydrogen) atoms. The Balaban J connectivity index is 2.43. The summed E-state index contributed by atoms with van der Waals surface area (Å²) in [4.78, 5) is 12.7. The quantitative estimate of drug-likeness (QED) is 0.677. The number of nitrogen functional groups attached to an aromatic ring is 1. The molecule has 0 bridgehead atoms. The summed E-state index contributed by atoms with van der Waals surface area (Å²) in [7, 11) is -1.46. The molecule has 126 valence electrons. The minimum Gasteiger partial charge on any atom is -0.451 e. The molecule has 0 spiro atoms. The molecule has 0 saturated heterocycles. The van der Waals surface area contributed by atoms with Crippen LogP contribution in [0.2, 0.25) is 19.6 Å². The van der Waals surface area contributed by atoms with E-state index in [1.807, 2.05) is 12.3 Å². The van der Waals surface area contributed by atoms with E-state index in [9.17, 15) is 0 Å². The average molecular weight is 341 g/mol. The van der Waals surface area contributed by atoms with Crippen LogP contribution in [0.4, 0.5) is 5.82 Å². The molecule has 2 aromatic heterocycles. The van der Waals surface area contributed by atoms with Gasteiger partial charge < -0.3 is 10.5 Å². The van der Waals surface area contributed by atoms with Gasteiger partial charge in [0.05, 0.1) is 6.20 Å². The number of nitrogens with two attached hydrogens (primary N) is 1. The lowest BCUT2D eigenvalue weighted by atomic mass is 10.0. The SMILES string of the molecule is Cc1ncc(Oc2cc(C#C[Si](C)(C)C)ncc2C(C)C)c(N)n1. The van der Waals surface area contributed by atoms with E-state index in [0.29, 0.717) is 28.8 Å². The zero-order chi connectivity index (χ0) is 17.9. The Bertz CT molecular complexity index is 801. The van der Waals surface area contributed by atoms with Crippen LogP contribution < -0.4 is 10.5 Å². The highest BCUT2D eigenvalue weighted by Gasteiger charge is 2.14. The fourth-order valence-corrected chi connectivity index (χ4v) is 2.47. The minimum absolute atomic E-state index is 0.263. The Morgan fingerprint density at radius 2 is 1.83 bits per heavy atom. The first-order valence-electron chi connectivity index (χ1n) is 7.96. The third-order valence-electron chi connectivity index (χ3n) is 3.21. The molecule has 2 heterocycles. The number of anilines is 1. The van der Waals surface area contributed by atoms with Gasteiger partial charge in [-0.2, -0.15) is 0 Å².